The van der Waals surface area contributed by atoms with Gasteiger partial charge in [-0.3, -0.25) is 4.79 Å². The van der Waals surface area contributed by atoms with Gasteiger partial charge in [-0.25, -0.2) is 0 Å². The van der Waals surface area contributed by atoms with E-state index in [9.17, 15) is 4.79 Å². The van der Waals surface area contributed by atoms with Crippen LogP contribution in [0.5, 0.6) is 0 Å². The van der Waals surface area contributed by atoms with Crippen LogP contribution in [0.4, 0.5) is 0 Å². The minimum absolute atomic E-state index is 0. The van der Waals surface area contributed by atoms with E-state index in [0.29, 0.717) is 6.42 Å². The maximum atomic E-state index is 12.2. The molecule has 1 aliphatic heterocycles. The summed E-state index contributed by atoms with van der Waals surface area (Å²) in [7, 11) is 1.92. The van der Waals surface area contributed by atoms with Gasteiger partial charge in [0.1, 0.15) is 0 Å². The van der Waals surface area contributed by atoms with Crippen LogP contribution in [0, 0.1) is 5.92 Å². The van der Waals surface area contributed by atoms with Crippen molar-refractivity contribution in [1.82, 2.24) is 10.2 Å². The van der Waals surface area contributed by atoms with Crippen LogP contribution < -0.4 is 5.32 Å². The molecule has 0 aliphatic carbocycles. The van der Waals surface area contributed by atoms with Gasteiger partial charge in [-0.15, -0.1) is 12.4 Å². The third kappa shape index (κ3) is 5.98. The second kappa shape index (κ2) is 9.86. The molecule has 4 heteroatoms. The molecule has 0 saturated carbocycles. The van der Waals surface area contributed by atoms with E-state index < -0.39 is 0 Å². The van der Waals surface area contributed by atoms with Crippen molar-refractivity contribution in [3.05, 3.63) is 35.4 Å². The van der Waals surface area contributed by atoms with Gasteiger partial charge in [0, 0.05) is 20.0 Å². The molecule has 0 spiro atoms. The van der Waals surface area contributed by atoms with Crippen molar-refractivity contribution in [2.75, 3.05) is 20.1 Å². The normalized spacial score (nSPS) is 15.2. The van der Waals surface area contributed by atoms with E-state index in [2.05, 4.69) is 36.5 Å². The van der Waals surface area contributed by atoms with Gasteiger partial charge >= 0.3 is 0 Å². The van der Waals surface area contributed by atoms with Gasteiger partial charge in [0.2, 0.25) is 5.91 Å². The Morgan fingerprint density at radius 1 is 1.18 bits per heavy atom. The molecule has 0 aromatic heterocycles. The van der Waals surface area contributed by atoms with E-state index in [-0.39, 0.29) is 18.3 Å². The summed E-state index contributed by atoms with van der Waals surface area (Å²) in [6, 6.07) is 8.58. The summed E-state index contributed by atoms with van der Waals surface area (Å²) in [5.74, 6) is 1.00. The molecule has 2 rings (SSSR count). The maximum absolute atomic E-state index is 12.2. The molecule has 3 nitrogen and oxygen atoms in total. The standard InChI is InChI=1S/C18H28N2O.ClH/c1-3-15-4-6-17(7-5-15)14-20(2)18(21)9-8-16-10-12-19-13-11-16;/h4-7,16,19H,3,8-14H2,1-2H3;1H. The lowest BCUT2D eigenvalue weighted by Crippen LogP contribution is -2.30. The molecular formula is C18H29ClN2O. The average Bonchev–Trinajstić information content (AvgIpc) is 2.54. The summed E-state index contributed by atoms with van der Waals surface area (Å²) >= 11 is 0. The zero-order valence-electron chi connectivity index (χ0n) is 13.8. The number of carbonyl (C=O) groups is 1. The number of nitrogens with zero attached hydrogens (tertiary/aromatic N) is 1. The lowest BCUT2D eigenvalue weighted by atomic mass is 9.93. The Kier molecular flexibility index (Phi) is 8.51. The minimum atomic E-state index is 0. The minimum Gasteiger partial charge on any atom is -0.341 e. The third-order valence-electron chi connectivity index (χ3n) is 4.50. The van der Waals surface area contributed by atoms with E-state index in [1.54, 1.807) is 0 Å². The van der Waals surface area contributed by atoms with Gasteiger partial charge in [0.05, 0.1) is 0 Å². The molecule has 1 aromatic carbocycles. The van der Waals surface area contributed by atoms with Crippen molar-refractivity contribution in [2.45, 2.75) is 45.6 Å². The molecule has 0 unspecified atom stereocenters. The lowest BCUT2D eigenvalue weighted by Gasteiger charge is -2.23. The summed E-state index contributed by atoms with van der Waals surface area (Å²) in [4.78, 5) is 14.1. The van der Waals surface area contributed by atoms with Crippen LogP contribution in [-0.2, 0) is 17.8 Å². The molecule has 1 fully saturated rings. The van der Waals surface area contributed by atoms with Gasteiger partial charge in [0.15, 0.2) is 0 Å². The molecule has 1 N–H and O–H groups in total. The Morgan fingerprint density at radius 3 is 2.36 bits per heavy atom. The molecule has 124 valence electrons. The first-order valence-corrected chi connectivity index (χ1v) is 8.21. The topological polar surface area (TPSA) is 32.3 Å². The summed E-state index contributed by atoms with van der Waals surface area (Å²) in [5.41, 5.74) is 2.56. The quantitative estimate of drug-likeness (QED) is 0.869. The number of rotatable bonds is 6. The van der Waals surface area contributed by atoms with Crippen molar-refractivity contribution in [3.8, 4) is 0 Å². The summed E-state index contributed by atoms with van der Waals surface area (Å²) < 4.78 is 0. The van der Waals surface area contributed by atoms with Gasteiger partial charge in [0.25, 0.3) is 0 Å². The fourth-order valence-corrected chi connectivity index (χ4v) is 2.93. The summed E-state index contributed by atoms with van der Waals surface area (Å²) in [5, 5.41) is 3.37. The van der Waals surface area contributed by atoms with Crippen LogP contribution >= 0.6 is 12.4 Å². The molecule has 1 amide bonds. The van der Waals surface area contributed by atoms with Crippen molar-refractivity contribution in [2.24, 2.45) is 5.92 Å². The van der Waals surface area contributed by atoms with E-state index in [1.165, 1.54) is 24.0 Å². The van der Waals surface area contributed by atoms with Crippen LogP contribution in [0.1, 0.15) is 43.7 Å². The summed E-state index contributed by atoms with van der Waals surface area (Å²) in [6.07, 6.45) is 5.23. The second-order valence-corrected chi connectivity index (χ2v) is 6.15. The number of piperidine rings is 1. The third-order valence-corrected chi connectivity index (χ3v) is 4.50. The van der Waals surface area contributed by atoms with Crippen molar-refractivity contribution in [3.63, 3.8) is 0 Å². The van der Waals surface area contributed by atoms with Gasteiger partial charge in [-0.2, -0.15) is 0 Å². The maximum Gasteiger partial charge on any atom is 0.222 e. The number of amides is 1. The zero-order valence-corrected chi connectivity index (χ0v) is 14.6. The molecule has 1 aliphatic rings. The predicted molar refractivity (Wildman–Crippen MR) is 94.4 cm³/mol. The first kappa shape index (κ1) is 19.0. The van der Waals surface area contributed by atoms with Crippen molar-refractivity contribution >= 4 is 18.3 Å². The fourth-order valence-electron chi connectivity index (χ4n) is 2.93. The van der Waals surface area contributed by atoms with E-state index >= 15 is 0 Å². The average molecular weight is 325 g/mol. The van der Waals surface area contributed by atoms with E-state index in [0.717, 1.165) is 38.4 Å². The first-order valence-electron chi connectivity index (χ1n) is 8.21. The highest BCUT2D eigenvalue weighted by molar-refractivity contribution is 5.85. The highest BCUT2D eigenvalue weighted by atomic mass is 35.5. The Balaban J connectivity index is 0.00000242. The van der Waals surface area contributed by atoms with E-state index in [1.807, 2.05) is 11.9 Å². The Bertz CT molecular complexity index is 441. The molecular weight excluding hydrogens is 296 g/mol. The van der Waals surface area contributed by atoms with Crippen LogP contribution in [-0.4, -0.2) is 30.9 Å². The van der Waals surface area contributed by atoms with Crippen LogP contribution in [0.15, 0.2) is 24.3 Å². The number of carbonyl (C=O) groups excluding carboxylic acids is 1. The Hall–Kier alpha value is -1.06. The number of halogens is 1. The fraction of sp³-hybridized carbons (Fsp3) is 0.611. The number of aryl methyl sites for hydroxylation is 1. The van der Waals surface area contributed by atoms with Gasteiger partial charge in [-0.05, 0) is 55.8 Å². The molecule has 1 aromatic rings. The Morgan fingerprint density at radius 2 is 1.77 bits per heavy atom. The highest BCUT2D eigenvalue weighted by Gasteiger charge is 2.16. The number of hydrogen-bond acceptors (Lipinski definition) is 2. The number of hydrogen-bond donors (Lipinski definition) is 1. The molecule has 22 heavy (non-hydrogen) atoms. The zero-order chi connectivity index (χ0) is 15.1. The molecule has 1 heterocycles. The first-order chi connectivity index (χ1) is 10.2. The van der Waals surface area contributed by atoms with Crippen LogP contribution in [0.2, 0.25) is 0 Å². The molecule has 0 radical (unpaired) electrons. The smallest absolute Gasteiger partial charge is 0.222 e. The molecule has 0 bridgehead atoms. The van der Waals surface area contributed by atoms with Gasteiger partial charge < -0.3 is 10.2 Å². The monoisotopic (exact) mass is 324 g/mol. The number of benzene rings is 1. The lowest BCUT2D eigenvalue weighted by molar-refractivity contribution is -0.130. The predicted octanol–water partition coefficient (Wildman–Crippen LogP) is 3.41. The van der Waals surface area contributed by atoms with E-state index in [4.69, 9.17) is 0 Å². The van der Waals surface area contributed by atoms with Crippen LogP contribution in [0.3, 0.4) is 0 Å². The van der Waals surface area contributed by atoms with Crippen LogP contribution in [0.25, 0.3) is 0 Å². The summed E-state index contributed by atoms with van der Waals surface area (Å²) in [6.45, 7) is 5.09. The van der Waals surface area contributed by atoms with Crippen molar-refractivity contribution in [1.29, 1.82) is 0 Å². The van der Waals surface area contributed by atoms with Crippen molar-refractivity contribution < 1.29 is 4.79 Å². The number of nitrogens with one attached hydrogen (secondary N) is 1. The largest absolute Gasteiger partial charge is 0.341 e. The Labute approximate surface area is 140 Å². The van der Waals surface area contributed by atoms with Gasteiger partial charge in [-0.1, -0.05) is 31.2 Å². The highest BCUT2D eigenvalue weighted by Crippen LogP contribution is 2.18. The SMILES string of the molecule is CCc1ccc(CN(C)C(=O)CCC2CCNCC2)cc1.Cl. The molecule has 1 saturated heterocycles. The molecule has 0 atom stereocenters. The second-order valence-electron chi connectivity index (χ2n) is 6.15.